The lowest BCUT2D eigenvalue weighted by atomic mass is 10.2. The van der Waals surface area contributed by atoms with Crippen LogP contribution in [0, 0.1) is 0 Å². The summed E-state index contributed by atoms with van der Waals surface area (Å²) < 4.78 is 9.64. The second kappa shape index (κ2) is 5.87. The second-order valence-corrected chi connectivity index (χ2v) is 3.95. The quantitative estimate of drug-likeness (QED) is 0.888. The first-order valence-corrected chi connectivity index (χ1v) is 5.78. The number of rotatable bonds is 4. The van der Waals surface area contributed by atoms with Crippen LogP contribution in [-0.2, 0) is 4.79 Å². The molecule has 0 fully saturated rings. The van der Waals surface area contributed by atoms with Gasteiger partial charge in [-0.25, -0.2) is 0 Å². The van der Waals surface area contributed by atoms with Crippen molar-refractivity contribution in [2.75, 3.05) is 17.7 Å². The number of carbonyl (C=O) groups excluding carboxylic acids is 2. The van der Waals surface area contributed by atoms with E-state index in [0.717, 1.165) is 0 Å². The molecular formula is C13H13N3O4. The average molecular weight is 275 g/mol. The van der Waals surface area contributed by atoms with Crippen LogP contribution in [0.25, 0.3) is 0 Å². The molecule has 20 heavy (non-hydrogen) atoms. The average Bonchev–Trinajstić information content (AvgIpc) is 2.89. The van der Waals surface area contributed by atoms with Crippen LogP contribution in [0.4, 0.5) is 11.4 Å². The minimum Gasteiger partial charge on any atom is -0.479 e. The monoisotopic (exact) mass is 275 g/mol. The third kappa shape index (κ3) is 3.35. The van der Waals surface area contributed by atoms with Gasteiger partial charge in [-0.2, -0.15) is 0 Å². The summed E-state index contributed by atoms with van der Waals surface area (Å²) in [6.07, 6.45) is 0. The van der Waals surface area contributed by atoms with E-state index < -0.39 is 5.91 Å². The lowest BCUT2D eigenvalue weighted by molar-refractivity contribution is -0.114. The number of amides is 2. The van der Waals surface area contributed by atoms with Crippen molar-refractivity contribution in [1.29, 1.82) is 0 Å². The molecule has 1 aromatic carbocycles. The zero-order chi connectivity index (χ0) is 14.5. The van der Waals surface area contributed by atoms with Crippen LogP contribution in [0.15, 0.2) is 34.9 Å². The van der Waals surface area contributed by atoms with Crippen molar-refractivity contribution in [2.45, 2.75) is 6.92 Å². The molecule has 2 aromatic rings. The van der Waals surface area contributed by atoms with Crippen LogP contribution in [0.3, 0.4) is 0 Å². The van der Waals surface area contributed by atoms with E-state index in [-0.39, 0.29) is 17.5 Å². The molecule has 0 aliphatic rings. The second-order valence-electron chi connectivity index (χ2n) is 3.95. The minimum absolute atomic E-state index is 0.0489. The number of hydrogen-bond acceptors (Lipinski definition) is 5. The molecule has 0 saturated heterocycles. The van der Waals surface area contributed by atoms with Crippen LogP contribution in [0.5, 0.6) is 5.88 Å². The Kier molecular flexibility index (Phi) is 3.99. The van der Waals surface area contributed by atoms with Gasteiger partial charge in [-0.15, -0.1) is 0 Å². The van der Waals surface area contributed by atoms with Gasteiger partial charge in [0.1, 0.15) is 0 Å². The number of hydrogen-bond donors (Lipinski definition) is 2. The Morgan fingerprint density at radius 3 is 2.25 bits per heavy atom. The molecule has 1 heterocycles. The van der Waals surface area contributed by atoms with Crippen LogP contribution >= 0.6 is 0 Å². The van der Waals surface area contributed by atoms with E-state index in [1.807, 2.05) is 0 Å². The van der Waals surface area contributed by atoms with Gasteiger partial charge in [0.15, 0.2) is 0 Å². The SMILES string of the molecule is COc1cc(C(=O)Nc2ccc(NC(C)=O)cc2)on1. The van der Waals surface area contributed by atoms with Gasteiger partial charge < -0.3 is 19.9 Å². The van der Waals surface area contributed by atoms with Gasteiger partial charge in [-0.3, -0.25) is 9.59 Å². The van der Waals surface area contributed by atoms with Gasteiger partial charge in [0.2, 0.25) is 11.7 Å². The normalized spacial score (nSPS) is 9.90. The Bertz CT molecular complexity index is 619. The molecule has 0 unspecified atom stereocenters. The molecule has 0 atom stereocenters. The standard InChI is InChI=1S/C13H13N3O4/c1-8(17)14-9-3-5-10(6-4-9)15-13(18)11-7-12(19-2)16-20-11/h3-7H,1-2H3,(H,14,17)(H,15,18). The number of anilines is 2. The van der Waals surface area contributed by atoms with Crippen LogP contribution in [0.2, 0.25) is 0 Å². The maximum absolute atomic E-state index is 11.8. The molecule has 7 heteroatoms. The van der Waals surface area contributed by atoms with Crippen molar-refractivity contribution < 1.29 is 18.8 Å². The molecule has 2 rings (SSSR count). The first-order chi connectivity index (χ1) is 9.58. The summed E-state index contributed by atoms with van der Waals surface area (Å²) in [5.41, 5.74) is 1.22. The molecule has 7 nitrogen and oxygen atoms in total. The van der Waals surface area contributed by atoms with Crippen LogP contribution in [0.1, 0.15) is 17.5 Å². The fourth-order valence-corrected chi connectivity index (χ4v) is 1.50. The fraction of sp³-hybridized carbons (Fsp3) is 0.154. The first-order valence-electron chi connectivity index (χ1n) is 5.78. The Morgan fingerprint density at radius 2 is 1.75 bits per heavy atom. The summed E-state index contributed by atoms with van der Waals surface area (Å²) in [6.45, 7) is 1.42. The van der Waals surface area contributed by atoms with Crippen molar-refractivity contribution in [3.8, 4) is 5.88 Å². The number of aromatic nitrogens is 1. The van der Waals surface area contributed by atoms with Gasteiger partial charge in [0.05, 0.1) is 13.2 Å². The van der Waals surface area contributed by atoms with Crippen molar-refractivity contribution in [2.24, 2.45) is 0 Å². The predicted molar refractivity (Wildman–Crippen MR) is 71.8 cm³/mol. The van der Waals surface area contributed by atoms with Crippen molar-refractivity contribution in [1.82, 2.24) is 5.16 Å². The molecule has 1 aromatic heterocycles. The molecule has 2 amide bonds. The Labute approximate surface area is 114 Å². The number of benzene rings is 1. The summed E-state index contributed by atoms with van der Waals surface area (Å²) in [5, 5.41) is 8.81. The number of methoxy groups -OCH3 is 1. The molecule has 0 spiro atoms. The summed E-state index contributed by atoms with van der Waals surface area (Å²) in [4.78, 5) is 22.7. The highest BCUT2D eigenvalue weighted by molar-refractivity contribution is 6.02. The molecule has 0 saturated carbocycles. The number of nitrogens with one attached hydrogen (secondary N) is 2. The van der Waals surface area contributed by atoms with E-state index in [0.29, 0.717) is 11.4 Å². The summed E-state index contributed by atoms with van der Waals surface area (Å²) in [5.74, 6) is -0.312. The highest BCUT2D eigenvalue weighted by Gasteiger charge is 2.13. The topological polar surface area (TPSA) is 93.5 Å². The summed E-state index contributed by atoms with van der Waals surface area (Å²) in [6, 6.07) is 8.07. The maximum Gasteiger partial charge on any atom is 0.294 e. The van der Waals surface area contributed by atoms with E-state index in [1.165, 1.54) is 20.1 Å². The lowest BCUT2D eigenvalue weighted by Gasteiger charge is -2.05. The summed E-state index contributed by atoms with van der Waals surface area (Å²) in [7, 11) is 1.43. The number of ether oxygens (including phenoxy) is 1. The van der Waals surface area contributed by atoms with E-state index >= 15 is 0 Å². The third-order valence-electron chi connectivity index (χ3n) is 2.38. The van der Waals surface area contributed by atoms with Gasteiger partial charge in [-0.1, -0.05) is 0 Å². The molecule has 0 aliphatic heterocycles. The molecule has 104 valence electrons. The number of nitrogens with zero attached hydrogens (tertiary/aromatic N) is 1. The zero-order valence-corrected chi connectivity index (χ0v) is 11.0. The van der Waals surface area contributed by atoms with Crippen molar-refractivity contribution in [3.05, 3.63) is 36.1 Å². The van der Waals surface area contributed by atoms with Gasteiger partial charge in [-0.05, 0) is 29.4 Å². The largest absolute Gasteiger partial charge is 0.479 e. The molecule has 0 radical (unpaired) electrons. The first kappa shape index (κ1) is 13.6. The van der Waals surface area contributed by atoms with Crippen molar-refractivity contribution >= 4 is 23.2 Å². The Balaban J connectivity index is 2.02. The third-order valence-corrected chi connectivity index (χ3v) is 2.38. The Hall–Kier alpha value is -2.83. The van der Waals surface area contributed by atoms with Gasteiger partial charge in [0.25, 0.3) is 11.8 Å². The maximum atomic E-state index is 11.8. The van der Waals surface area contributed by atoms with Gasteiger partial charge in [0, 0.05) is 18.3 Å². The molecular weight excluding hydrogens is 262 g/mol. The zero-order valence-electron chi connectivity index (χ0n) is 11.0. The van der Waals surface area contributed by atoms with Crippen LogP contribution < -0.4 is 15.4 Å². The molecule has 0 bridgehead atoms. The lowest BCUT2D eigenvalue weighted by Crippen LogP contribution is -2.11. The minimum atomic E-state index is -0.437. The Morgan fingerprint density at radius 1 is 1.15 bits per heavy atom. The van der Waals surface area contributed by atoms with E-state index in [4.69, 9.17) is 9.26 Å². The van der Waals surface area contributed by atoms with Gasteiger partial charge >= 0.3 is 0 Å². The van der Waals surface area contributed by atoms with Crippen LogP contribution in [-0.4, -0.2) is 24.1 Å². The summed E-state index contributed by atoms with van der Waals surface area (Å²) >= 11 is 0. The number of carbonyl (C=O) groups is 2. The van der Waals surface area contributed by atoms with E-state index in [1.54, 1.807) is 24.3 Å². The van der Waals surface area contributed by atoms with E-state index in [2.05, 4.69) is 15.8 Å². The molecule has 2 N–H and O–H groups in total. The highest BCUT2D eigenvalue weighted by Crippen LogP contribution is 2.16. The smallest absolute Gasteiger partial charge is 0.294 e. The molecule has 0 aliphatic carbocycles. The highest BCUT2D eigenvalue weighted by atomic mass is 16.5. The fourth-order valence-electron chi connectivity index (χ4n) is 1.50. The predicted octanol–water partition coefficient (Wildman–Crippen LogP) is 1.89. The van der Waals surface area contributed by atoms with E-state index in [9.17, 15) is 9.59 Å². The van der Waals surface area contributed by atoms with Crippen molar-refractivity contribution in [3.63, 3.8) is 0 Å².